The van der Waals surface area contributed by atoms with Crippen LogP contribution in [0.1, 0.15) is 18.1 Å². The first-order valence-corrected chi connectivity index (χ1v) is 7.22. The van der Waals surface area contributed by atoms with Crippen LogP contribution in [-0.2, 0) is 6.42 Å². The van der Waals surface area contributed by atoms with Gasteiger partial charge in [0.2, 0.25) is 0 Å². The molecule has 3 aromatic rings. The smallest absolute Gasteiger partial charge is 0.138 e. The number of imidazole rings is 1. The molecule has 0 aliphatic heterocycles. The lowest BCUT2D eigenvalue weighted by molar-refractivity contribution is 1.14. The number of hydrogen-bond donors (Lipinski definition) is 1. The second-order valence-corrected chi connectivity index (χ2v) is 5.67. The van der Waals surface area contributed by atoms with Gasteiger partial charge in [0.05, 0.1) is 11.0 Å². The van der Waals surface area contributed by atoms with Crippen molar-refractivity contribution in [3.63, 3.8) is 0 Å². The van der Waals surface area contributed by atoms with Gasteiger partial charge in [-0.05, 0) is 54.8 Å². The van der Waals surface area contributed by atoms with Crippen LogP contribution >= 0.6 is 15.9 Å². The Morgan fingerprint density at radius 1 is 1.16 bits per heavy atom. The van der Waals surface area contributed by atoms with Crippen molar-refractivity contribution in [3.8, 4) is 11.4 Å². The van der Waals surface area contributed by atoms with E-state index >= 15 is 0 Å². The number of rotatable bonds is 2. The molecular weight excluding hydrogens is 300 g/mol. The normalized spacial score (nSPS) is 11.1. The van der Waals surface area contributed by atoms with E-state index in [-0.39, 0.29) is 0 Å². The van der Waals surface area contributed by atoms with Gasteiger partial charge in [0.15, 0.2) is 0 Å². The van der Waals surface area contributed by atoms with Gasteiger partial charge in [0.25, 0.3) is 0 Å². The summed E-state index contributed by atoms with van der Waals surface area (Å²) in [6, 6.07) is 12.7. The van der Waals surface area contributed by atoms with Gasteiger partial charge in [-0.3, -0.25) is 0 Å². The average Bonchev–Trinajstić information content (AvgIpc) is 2.80. The molecule has 3 heteroatoms. The third kappa shape index (κ3) is 2.30. The van der Waals surface area contributed by atoms with Crippen LogP contribution in [0.3, 0.4) is 0 Å². The Labute approximate surface area is 121 Å². The third-order valence-electron chi connectivity index (χ3n) is 3.40. The van der Waals surface area contributed by atoms with E-state index in [0.717, 1.165) is 33.3 Å². The van der Waals surface area contributed by atoms with E-state index in [9.17, 15) is 0 Å². The number of H-pyrrole nitrogens is 1. The number of benzene rings is 2. The highest BCUT2D eigenvalue weighted by molar-refractivity contribution is 9.10. The third-order valence-corrected chi connectivity index (χ3v) is 3.89. The molecule has 0 amide bonds. The molecule has 0 bridgehead atoms. The zero-order valence-corrected chi connectivity index (χ0v) is 12.6. The first-order valence-electron chi connectivity index (χ1n) is 6.42. The highest BCUT2D eigenvalue weighted by Crippen LogP contribution is 2.26. The Kier molecular flexibility index (Phi) is 3.15. The maximum Gasteiger partial charge on any atom is 0.138 e. The largest absolute Gasteiger partial charge is 0.338 e. The van der Waals surface area contributed by atoms with Crippen molar-refractivity contribution in [2.24, 2.45) is 0 Å². The Hall–Kier alpha value is -1.61. The van der Waals surface area contributed by atoms with E-state index in [1.54, 1.807) is 0 Å². The number of halogens is 1. The fourth-order valence-corrected chi connectivity index (χ4v) is 2.77. The maximum atomic E-state index is 4.68. The van der Waals surface area contributed by atoms with E-state index in [0.29, 0.717) is 0 Å². The second-order valence-electron chi connectivity index (χ2n) is 4.75. The number of nitrogens with zero attached hydrogens (tertiary/aromatic N) is 1. The molecule has 0 unspecified atom stereocenters. The van der Waals surface area contributed by atoms with Gasteiger partial charge in [-0.15, -0.1) is 0 Å². The summed E-state index contributed by atoms with van der Waals surface area (Å²) in [5, 5.41) is 0. The maximum absolute atomic E-state index is 4.68. The molecule has 0 saturated carbocycles. The van der Waals surface area contributed by atoms with Gasteiger partial charge in [-0.2, -0.15) is 0 Å². The molecule has 2 aromatic carbocycles. The summed E-state index contributed by atoms with van der Waals surface area (Å²) in [6.45, 7) is 4.27. The molecule has 1 N–H and O–H groups in total. The topological polar surface area (TPSA) is 28.7 Å². The molecule has 0 atom stereocenters. The first kappa shape index (κ1) is 12.4. The van der Waals surface area contributed by atoms with Crippen LogP contribution < -0.4 is 0 Å². The standard InChI is InChI=1S/C16H15BrN2/c1-3-11-4-7-14-15(9-11)19-16(18-14)13-6-5-12(17)8-10(13)2/h4-9H,3H2,1-2H3,(H,18,19). The van der Waals surface area contributed by atoms with Crippen molar-refractivity contribution in [1.82, 2.24) is 9.97 Å². The summed E-state index contributed by atoms with van der Waals surface area (Å²) in [5.41, 5.74) is 5.82. The van der Waals surface area contributed by atoms with Crippen molar-refractivity contribution >= 4 is 27.0 Å². The van der Waals surface area contributed by atoms with Gasteiger partial charge < -0.3 is 4.98 Å². The number of aryl methyl sites for hydroxylation is 2. The summed E-state index contributed by atoms with van der Waals surface area (Å²) in [6.07, 6.45) is 1.04. The first-order chi connectivity index (χ1) is 9.17. The Bertz CT molecular complexity index is 744. The molecule has 0 aliphatic carbocycles. The van der Waals surface area contributed by atoms with Gasteiger partial charge in [0, 0.05) is 10.0 Å². The fourth-order valence-electron chi connectivity index (χ4n) is 2.30. The molecule has 2 nitrogen and oxygen atoms in total. The molecule has 0 radical (unpaired) electrons. The van der Waals surface area contributed by atoms with Crippen molar-refractivity contribution < 1.29 is 0 Å². The van der Waals surface area contributed by atoms with Gasteiger partial charge in [-0.1, -0.05) is 28.9 Å². The van der Waals surface area contributed by atoms with Crippen LogP contribution in [0.5, 0.6) is 0 Å². The average molecular weight is 315 g/mol. The van der Waals surface area contributed by atoms with E-state index in [4.69, 9.17) is 0 Å². The molecule has 1 aromatic heterocycles. The predicted molar refractivity (Wildman–Crippen MR) is 83.3 cm³/mol. The number of aromatic amines is 1. The van der Waals surface area contributed by atoms with Gasteiger partial charge in [-0.25, -0.2) is 4.98 Å². The van der Waals surface area contributed by atoms with Gasteiger partial charge in [0.1, 0.15) is 5.82 Å². The molecule has 0 saturated heterocycles. The minimum atomic E-state index is 0.938. The number of fused-ring (bicyclic) bond motifs is 1. The fraction of sp³-hybridized carbons (Fsp3) is 0.188. The molecule has 0 spiro atoms. The van der Waals surface area contributed by atoms with Crippen LogP contribution in [0, 0.1) is 6.92 Å². The lowest BCUT2D eigenvalue weighted by atomic mass is 10.1. The Morgan fingerprint density at radius 2 is 2.00 bits per heavy atom. The summed E-state index contributed by atoms with van der Waals surface area (Å²) in [7, 11) is 0. The van der Waals surface area contributed by atoms with Crippen LogP contribution in [0.25, 0.3) is 22.4 Å². The van der Waals surface area contributed by atoms with Crippen molar-refractivity contribution in [2.75, 3.05) is 0 Å². The molecular formula is C16H15BrN2. The number of aromatic nitrogens is 2. The van der Waals surface area contributed by atoms with E-state index in [2.05, 4.69) is 70.1 Å². The summed E-state index contributed by atoms with van der Waals surface area (Å²) >= 11 is 3.49. The highest BCUT2D eigenvalue weighted by Gasteiger charge is 2.08. The number of hydrogen-bond acceptors (Lipinski definition) is 1. The van der Waals surface area contributed by atoms with E-state index in [1.807, 2.05) is 6.07 Å². The lowest BCUT2D eigenvalue weighted by Gasteiger charge is -2.02. The minimum absolute atomic E-state index is 0.938. The molecule has 1 heterocycles. The molecule has 96 valence electrons. The van der Waals surface area contributed by atoms with Crippen molar-refractivity contribution in [2.45, 2.75) is 20.3 Å². The zero-order chi connectivity index (χ0) is 13.4. The minimum Gasteiger partial charge on any atom is -0.338 e. The predicted octanol–water partition coefficient (Wildman–Crippen LogP) is 4.86. The van der Waals surface area contributed by atoms with Crippen LogP contribution in [0.4, 0.5) is 0 Å². The van der Waals surface area contributed by atoms with Crippen LogP contribution in [0.15, 0.2) is 40.9 Å². The van der Waals surface area contributed by atoms with Crippen LogP contribution in [-0.4, -0.2) is 9.97 Å². The Morgan fingerprint density at radius 3 is 2.74 bits per heavy atom. The van der Waals surface area contributed by atoms with Crippen LogP contribution in [0.2, 0.25) is 0 Å². The summed E-state index contributed by atoms with van der Waals surface area (Å²) in [5.74, 6) is 0.938. The van der Waals surface area contributed by atoms with E-state index in [1.165, 1.54) is 11.1 Å². The van der Waals surface area contributed by atoms with Crippen molar-refractivity contribution in [1.29, 1.82) is 0 Å². The quantitative estimate of drug-likeness (QED) is 0.718. The Balaban J connectivity index is 2.14. The van der Waals surface area contributed by atoms with Gasteiger partial charge >= 0.3 is 0 Å². The van der Waals surface area contributed by atoms with Crippen molar-refractivity contribution in [3.05, 3.63) is 52.0 Å². The SMILES string of the molecule is CCc1ccc2nc(-c3ccc(Br)cc3C)[nH]c2c1. The molecule has 19 heavy (non-hydrogen) atoms. The zero-order valence-electron chi connectivity index (χ0n) is 11.0. The molecule has 3 rings (SSSR count). The molecule has 0 aliphatic rings. The summed E-state index contributed by atoms with van der Waals surface area (Å²) in [4.78, 5) is 8.10. The summed E-state index contributed by atoms with van der Waals surface area (Å²) < 4.78 is 1.10. The van der Waals surface area contributed by atoms with E-state index < -0.39 is 0 Å². The lowest BCUT2D eigenvalue weighted by Crippen LogP contribution is -1.85. The number of nitrogens with one attached hydrogen (secondary N) is 1. The highest BCUT2D eigenvalue weighted by atomic mass is 79.9. The monoisotopic (exact) mass is 314 g/mol. The second kappa shape index (κ2) is 4.82. The molecule has 0 fully saturated rings.